The van der Waals surface area contributed by atoms with Crippen LogP contribution in [0.1, 0.15) is 251 Å². The minimum Gasteiger partial charge on any atom is -0.394 e. The second-order valence-corrected chi connectivity index (χ2v) is 19.7. The van der Waals surface area contributed by atoms with Crippen molar-refractivity contribution in [3.8, 4) is 0 Å². The molecule has 0 aromatic rings. The SMILES string of the molecule is CC/C=C\C/C=C\C/C=C\C/C=C\C/C=C\C/C=C\C/C=C\C/C=C\C/C=C\C/C=C\C/C=C\CCCCCC(=O)NC(CO)C(O)/C=C/CC/C=C/CCCCCCCCCCCCCCCCCCCC. The monoisotopic (exact) mass is 1000 g/mol. The van der Waals surface area contributed by atoms with Gasteiger partial charge >= 0.3 is 0 Å². The van der Waals surface area contributed by atoms with Crippen LogP contribution in [0.3, 0.4) is 0 Å². The van der Waals surface area contributed by atoms with Crippen molar-refractivity contribution in [2.75, 3.05) is 6.61 Å². The molecule has 73 heavy (non-hydrogen) atoms. The van der Waals surface area contributed by atoms with Crippen LogP contribution in [0.4, 0.5) is 0 Å². The topological polar surface area (TPSA) is 69.6 Å². The summed E-state index contributed by atoms with van der Waals surface area (Å²) < 4.78 is 0. The molecule has 4 heteroatoms. The fourth-order valence-electron chi connectivity index (χ4n) is 8.20. The molecule has 0 aromatic carbocycles. The number of carbonyl (C=O) groups excluding carboxylic acids is 1. The summed E-state index contributed by atoms with van der Waals surface area (Å²) in [5, 5.41) is 23.1. The third-order valence-electron chi connectivity index (χ3n) is 12.7. The van der Waals surface area contributed by atoms with Gasteiger partial charge in [-0.05, 0) is 116 Å². The molecule has 0 radical (unpaired) electrons. The Morgan fingerprint density at radius 1 is 0.342 bits per heavy atom. The summed E-state index contributed by atoms with van der Waals surface area (Å²) in [6.45, 7) is 4.17. The molecule has 0 bridgehead atoms. The standard InChI is InChI=1S/C69H113NO3/c1-3-5-7-9-11-13-15-17-19-21-23-25-27-29-30-31-32-33-34-35-36-37-38-39-40-41-43-45-47-49-51-53-55-57-59-61-63-65-69(73)70-67(66-71)68(72)64-62-60-58-56-54-52-50-48-46-44-42-28-26-24-22-20-18-16-14-12-10-8-6-4-2/h5,7,11,13,17,19,23,25,29-30,32-33,35-36,38-39,41,43,47,49,53-56,62,64,67-68,71-72H,3-4,6,8-10,12,14-16,18,20-22,24,26-28,31,34,37,40,42,44-46,48,50-52,57-61,63,65-66H2,1-2H3,(H,70,73)/b7-5-,13-11-,19-17-,25-23-,30-29-,33-32-,36-35-,39-38-,43-41-,49-47-,55-53-,56-54+,64-62+. The van der Waals surface area contributed by atoms with Gasteiger partial charge in [0.25, 0.3) is 0 Å². The fourth-order valence-corrected chi connectivity index (χ4v) is 8.20. The Kier molecular flexibility index (Phi) is 58.9. The molecule has 0 aliphatic heterocycles. The highest BCUT2D eigenvalue weighted by Crippen LogP contribution is 2.15. The summed E-state index contributed by atoms with van der Waals surface area (Å²) in [5.41, 5.74) is 0. The van der Waals surface area contributed by atoms with Crippen molar-refractivity contribution in [3.63, 3.8) is 0 Å². The maximum absolute atomic E-state index is 12.5. The Morgan fingerprint density at radius 3 is 0.959 bits per heavy atom. The van der Waals surface area contributed by atoms with Crippen molar-refractivity contribution >= 4 is 5.91 Å². The van der Waals surface area contributed by atoms with Crippen LogP contribution >= 0.6 is 0 Å². The van der Waals surface area contributed by atoms with Crippen molar-refractivity contribution in [2.45, 2.75) is 264 Å². The number of nitrogens with one attached hydrogen (secondary N) is 1. The van der Waals surface area contributed by atoms with Crippen LogP contribution < -0.4 is 5.32 Å². The molecule has 0 aliphatic carbocycles. The smallest absolute Gasteiger partial charge is 0.220 e. The predicted molar refractivity (Wildman–Crippen MR) is 326 cm³/mol. The first-order valence-electron chi connectivity index (χ1n) is 30.2. The van der Waals surface area contributed by atoms with Crippen molar-refractivity contribution in [1.29, 1.82) is 0 Å². The summed E-state index contributed by atoms with van der Waals surface area (Å²) in [4.78, 5) is 12.5. The van der Waals surface area contributed by atoms with E-state index in [2.05, 4.69) is 165 Å². The van der Waals surface area contributed by atoms with Gasteiger partial charge in [-0.3, -0.25) is 4.79 Å². The molecular formula is C69H113NO3. The number of amides is 1. The van der Waals surface area contributed by atoms with Crippen LogP contribution in [-0.4, -0.2) is 34.9 Å². The number of aliphatic hydroxyl groups is 2. The van der Waals surface area contributed by atoms with E-state index in [4.69, 9.17) is 0 Å². The minimum absolute atomic E-state index is 0.111. The summed E-state index contributed by atoms with van der Waals surface area (Å²) in [5.74, 6) is -0.111. The van der Waals surface area contributed by atoms with Gasteiger partial charge in [-0.2, -0.15) is 0 Å². The largest absolute Gasteiger partial charge is 0.394 e. The van der Waals surface area contributed by atoms with Crippen molar-refractivity contribution in [1.82, 2.24) is 5.32 Å². The highest BCUT2D eigenvalue weighted by molar-refractivity contribution is 5.76. The van der Waals surface area contributed by atoms with Crippen LogP contribution in [0.25, 0.3) is 0 Å². The number of hydrogen-bond donors (Lipinski definition) is 3. The average Bonchev–Trinajstić information content (AvgIpc) is 3.40. The van der Waals surface area contributed by atoms with Gasteiger partial charge < -0.3 is 15.5 Å². The van der Waals surface area contributed by atoms with Gasteiger partial charge in [0.05, 0.1) is 18.8 Å². The molecule has 2 unspecified atom stereocenters. The maximum atomic E-state index is 12.5. The van der Waals surface area contributed by atoms with Crippen molar-refractivity contribution in [3.05, 3.63) is 158 Å². The van der Waals surface area contributed by atoms with Gasteiger partial charge in [-0.1, -0.05) is 287 Å². The molecule has 0 saturated carbocycles. The molecule has 2 atom stereocenters. The third-order valence-corrected chi connectivity index (χ3v) is 12.7. The van der Waals surface area contributed by atoms with E-state index in [0.717, 1.165) is 116 Å². The van der Waals surface area contributed by atoms with Crippen LogP contribution in [-0.2, 0) is 4.79 Å². The van der Waals surface area contributed by atoms with E-state index in [1.165, 1.54) is 116 Å². The van der Waals surface area contributed by atoms with Crippen molar-refractivity contribution in [2.24, 2.45) is 0 Å². The first kappa shape index (κ1) is 69.0. The van der Waals surface area contributed by atoms with E-state index >= 15 is 0 Å². The average molecular weight is 1000 g/mol. The summed E-state index contributed by atoms with van der Waals surface area (Å²) in [6, 6.07) is -0.671. The van der Waals surface area contributed by atoms with Gasteiger partial charge in [-0.15, -0.1) is 0 Å². The lowest BCUT2D eigenvalue weighted by Gasteiger charge is -2.19. The van der Waals surface area contributed by atoms with Gasteiger partial charge in [0.15, 0.2) is 0 Å². The van der Waals surface area contributed by atoms with E-state index < -0.39 is 12.1 Å². The van der Waals surface area contributed by atoms with E-state index in [0.29, 0.717) is 6.42 Å². The quantitative estimate of drug-likeness (QED) is 0.0420. The molecule has 4 nitrogen and oxygen atoms in total. The van der Waals surface area contributed by atoms with Crippen LogP contribution in [0.15, 0.2) is 158 Å². The lowest BCUT2D eigenvalue weighted by Crippen LogP contribution is -2.45. The number of allylic oxidation sites excluding steroid dienone is 25. The molecule has 0 aromatic heterocycles. The zero-order valence-corrected chi connectivity index (χ0v) is 47.3. The second kappa shape index (κ2) is 62.3. The number of rotatable bonds is 53. The Bertz CT molecular complexity index is 1560. The molecule has 1 amide bonds. The Labute approximate surface area is 452 Å². The maximum Gasteiger partial charge on any atom is 0.220 e. The Morgan fingerprint density at radius 2 is 0.616 bits per heavy atom. The molecule has 0 fully saturated rings. The van der Waals surface area contributed by atoms with E-state index in [9.17, 15) is 15.0 Å². The van der Waals surface area contributed by atoms with E-state index in [-0.39, 0.29) is 12.5 Å². The molecule has 0 spiro atoms. The first-order chi connectivity index (χ1) is 36.2. The zero-order valence-electron chi connectivity index (χ0n) is 47.3. The zero-order chi connectivity index (χ0) is 52.7. The number of carbonyl (C=O) groups is 1. The lowest BCUT2D eigenvalue weighted by atomic mass is 10.0. The van der Waals surface area contributed by atoms with Crippen LogP contribution in [0.2, 0.25) is 0 Å². The molecule has 412 valence electrons. The van der Waals surface area contributed by atoms with Crippen molar-refractivity contribution < 1.29 is 15.0 Å². The fraction of sp³-hybridized carbons (Fsp3) is 0.609. The lowest BCUT2D eigenvalue weighted by molar-refractivity contribution is -0.123. The summed E-state index contributed by atoms with van der Waals surface area (Å²) in [7, 11) is 0. The van der Waals surface area contributed by atoms with Gasteiger partial charge in [0.2, 0.25) is 5.91 Å². The van der Waals surface area contributed by atoms with Crippen LogP contribution in [0.5, 0.6) is 0 Å². The van der Waals surface area contributed by atoms with Gasteiger partial charge in [-0.25, -0.2) is 0 Å². The molecule has 0 saturated heterocycles. The van der Waals surface area contributed by atoms with E-state index in [1.54, 1.807) is 6.08 Å². The molecule has 3 N–H and O–H groups in total. The number of hydrogen-bond acceptors (Lipinski definition) is 3. The normalized spacial score (nSPS) is 14.0. The minimum atomic E-state index is -0.890. The highest BCUT2D eigenvalue weighted by Gasteiger charge is 2.17. The highest BCUT2D eigenvalue weighted by atomic mass is 16.3. The molecule has 0 heterocycles. The summed E-state index contributed by atoms with van der Waals surface area (Å²) in [6.07, 6.45) is 99.8. The first-order valence-corrected chi connectivity index (χ1v) is 30.2. The second-order valence-electron chi connectivity index (χ2n) is 19.7. The Hall–Kier alpha value is -3.99. The predicted octanol–water partition coefficient (Wildman–Crippen LogP) is 20.5. The summed E-state index contributed by atoms with van der Waals surface area (Å²) >= 11 is 0. The number of aliphatic hydroxyl groups excluding tert-OH is 2. The Balaban J connectivity index is 3.72. The van der Waals surface area contributed by atoms with Crippen LogP contribution in [0, 0.1) is 0 Å². The third kappa shape index (κ3) is 58.8. The van der Waals surface area contributed by atoms with E-state index in [1.807, 2.05) is 6.08 Å². The van der Waals surface area contributed by atoms with Gasteiger partial charge in [0.1, 0.15) is 0 Å². The molecule has 0 aliphatic rings. The number of unbranched alkanes of at least 4 members (excludes halogenated alkanes) is 22. The molecular weight excluding hydrogens is 891 g/mol. The molecule has 0 rings (SSSR count). The van der Waals surface area contributed by atoms with Gasteiger partial charge in [0, 0.05) is 6.42 Å².